The molecule has 1 aromatic carbocycles. The van der Waals surface area contributed by atoms with E-state index in [9.17, 15) is 14.9 Å². The molecule has 0 N–H and O–H groups in total. The average molecular weight is 448 g/mol. The monoisotopic (exact) mass is 447 g/mol. The first-order valence-electron chi connectivity index (χ1n) is 11.4. The fourth-order valence-corrected chi connectivity index (χ4v) is 5.63. The molecule has 5 nitrogen and oxygen atoms in total. The molecule has 32 heavy (non-hydrogen) atoms. The van der Waals surface area contributed by atoms with E-state index in [1.54, 1.807) is 0 Å². The van der Waals surface area contributed by atoms with Crippen LogP contribution in [-0.4, -0.2) is 40.4 Å². The van der Waals surface area contributed by atoms with Gasteiger partial charge in [-0.05, 0) is 30.2 Å². The molecule has 2 heterocycles. The second-order valence-electron chi connectivity index (χ2n) is 9.49. The van der Waals surface area contributed by atoms with E-state index >= 15 is 0 Å². The third-order valence-corrected chi connectivity index (χ3v) is 7.23. The number of rotatable bonds is 4. The number of hydrogen-bond acceptors (Lipinski definition) is 5. The molecule has 1 saturated heterocycles. The molecule has 1 aliphatic heterocycles. The van der Waals surface area contributed by atoms with Gasteiger partial charge < -0.3 is 4.90 Å². The van der Waals surface area contributed by atoms with Crippen LogP contribution in [0, 0.1) is 16.7 Å². The van der Waals surface area contributed by atoms with Crippen LogP contribution < -0.4 is 0 Å². The van der Waals surface area contributed by atoms with Gasteiger partial charge in [0.15, 0.2) is 5.78 Å². The number of amides is 1. The highest BCUT2D eigenvalue weighted by atomic mass is 32.2. The SMILES string of the molecule is CC1(C)CC(=O)c2c(nc(SCC(=O)N3CCCCCC3)c(C#N)c2-c2ccccc2)C1. The minimum absolute atomic E-state index is 0.0382. The normalized spacial score (nSPS) is 17.9. The van der Waals surface area contributed by atoms with E-state index in [2.05, 4.69) is 19.9 Å². The maximum absolute atomic E-state index is 13.2. The summed E-state index contributed by atoms with van der Waals surface area (Å²) in [5.74, 6) is 0.390. The first kappa shape index (κ1) is 22.5. The Morgan fingerprint density at radius 3 is 2.44 bits per heavy atom. The van der Waals surface area contributed by atoms with E-state index in [0.717, 1.165) is 37.2 Å². The summed E-state index contributed by atoms with van der Waals surface area (Å²) in [6, 6.07) is 11.9. The van der Waals surface area contributed by atoms with Gasteiger partial charge in [-0.1, -0.05) is 68.8 Å². The lowest BCUT2D eigenvalue weighted by Crippen LogP contribution is -2.33. The smallest absolute Gasteiger partial charge is 0.232 e. The van der Waals surface area contributed by atoms with Crippen molar-refractivity contribution >= 4 is 23.5 Å². The number of Topliss-reactive ketones (excluding diaryl/α,β-unsaturated/α-hetero) is 1. The molecule has 0 spiro atoms. The Hall–Kier alpha value is -2.65. The van der Waals surface area contributed by atoms with Crippen molar-refractivity contribution in [1.29, 1.82) is 5.26 Å². The van der Waals surface area contributed by atoms with E-state index in [0.29, 0.717) is 34.6 Å². The number of fused-ring (bicyclic) bond motifs is 1. The number of carbonyl (C=O) groups is 2. The number of carbonyl (C=O) groups excluding carboxylic acids is 2. The topological polar surface area (TPSA) is 74.1 Å². The Bertz CT molecular complexity index is 1060. The number of hydrogen-bond donors (Lipinski definition) is 0. The molecule has 1 aromatic heterocycles. The van der Waals surface area contributed by atoms with Crippen LogP contribution in [0.1, 0.15) is 67.6 Å². The Morgan fingerprint density at radius 2 is 1.78 bits per heavy atom. The van der Waals surface area contributed by atoms with E-state index in [4.69, 9.17) is 4.98 Å². The number of likely N-dealkylation sites (tertiary alicyclic amines) is 1. The molecule has 0 bridgehead atoms. The van der Waals surface area contributed by atoms with Gasteiger partial charge in [0.2, 0.25) is 5.91 Å². The first-order chi connectivity index (χ1) is 15.4. The van der Waals surface area contributed by atoms with Gasteiger partial charge in [-0.15, -0.1) is 0 Å². The molecule has 2 aromatic rings. The van der Waals surface area contributed by atoms with Crippen LogP contribution in [0.4, 0.5) is 0 Å². The second kappa shape index (κ2) is 9.46. The van der Waals surface area contributed by atoms with Crippen molar-refractivity contribution in [3.05, 3.63) is 47.2 Å². The molecule has 2 aliphatic rings. The molecule has 0 unspecified atom stereocenters. The lowest BCUT2D eigenvalue weighted by Gasteiger charge is -2.31. The standard InChI is InChI=1S/C26H29N3O2S/c1-26(2)14-20-24(21(30)15-26)23(18-10-6-5-7-11-18)19(16-27)25(28-20)32-17-22(31)29-12-8-3-4-9-13-29/h5-7,10-11H,3-4,8-9,12-15,17H2,1-2H3. The molecular formula is C26H29N3O2S. The van der Waals surface area contributed by atoms with Gasteiger partial charge in [0.1, 0.15) is 11.1 Å². The van der Waals surface area contributed by atoms with Gasteiger partial charge in [-0.3, -0.25) is 9.59 Å². The minimum atomic E-state index is -0.178. The Balaban J connectivity index is 1.73. The zero-order valence-corrected chi connectivity index (χ0v) is 19.6. The molecular weight excluding hydrogens is 418 g/mol. The number of thioether (sulfide) groups is 1. The highest BCUT2D eigenvalue weighted by molar-refractivity contribution is 8.00. The number of benzene rings is 1. The van der Waals surface area contributed by atoms with Crippen molar-refractivity contribution in [1.82, 2.24) is 9.88 Å². The van der Waals surface area contributed by atoms with Crippen LogP contribution in [0.3, 0.4) is 0 Å². The molecule has 0 saturated carbocycles. The van der Waals surface area contributed by atoms with Crippen LogP contribution >= 0.6 is 11.8 Å². The predicted molar refractivity (Wildman–Crippen MR) is 127 cm³/mol. The number of pyridine rings is 1. The maximum atomic E-state index is 13.2. The Morgan fingerprint density at radius 1 is 1.09 bits per heavy atom. The van der Waals surface area contributed by atoms with Crippen molar-refractivity contribution < 1.29 is 9.59 Å². The van der Waals surface area contributed by atoms with Crippen LogP contribution in [-0.2, 0) is 11.2 Å². The number of aromatic nitrogens is 1. The quantitative estimate of drug-likeness (QED) is 0.597. The van der Waals surface area contributed by atoms with E-state index < -0.39 is 0 Å². The van der Waals surface area contributed by atoms with E-state index in [1.165, 1.54) is 24.6 Å². The summed E-state index contributed by atoms with van der Waals surface area (Å²) in [5, 5.41) is 10.6. The van der Waals surface area contributed by atoms with Crippen molar-refractivity contribution in [2.75, 3.05) is 18.8 Å². The van der Waals surface area contributed by atoms with Gasteiger partial charge in [0.05, 0.1) is 17.0 Å². The number of nitrogens with zero attached hydrogens (tertiary/aromatic N) is 3. The van der Waals surface area contributed by atoms with Crippen LogP contribution in [0.25, 0.3) is 11.1 Å². The Kier molecular flexibility index (Phi) is 6.66. The largest absolute Gasteiger partial charge is 0.342 e. The van der Waals surface area contributed by atoms with Gasteiger partial charge in [-0.25, -0.2) is 4.98 Å². The lowest BCUT2D eigenvalue weighted by molar-refractivity contribution is -0.128. The molecule has 4 rings (SSSR count). The highest BCUT2D eigenvalue weighted by Gasteiger charge is 2.36. The van der Waals surface area contributed by atoms with Crippen LogP contribution in [0.15, 0.2) is 35.4 Å². The lowest BCUT2D eigenvalue weighted by atomic mass is 9.73. The fourth-order valence-electron chi connectivity index (χ4n) is 4.72. The molecule has 1 amide bonds. The zero-order chi connectivity index (χ0) is 22.7. The number of nitriles is 1. The molecule has 1 fully saturated rings. The van der Waals surface area contributed by atoms with Gasteiger partial charge >= 0.3 is 0 Å². The molecule has 0 atom stereocenters. The zero-order valence-electron chi connectivity index (χ0n) is 18.8. The summed E-state index contributed by atoms with van der Waals surface area (Å²) in [6.07, 6.45) is 5.55. The number of ketones is 1. The average Bonchev–Trinajstić information content (AvgIpc) is 3.06. The van der Waals surface area contributed by atoms with Gasteiger partial charge in [0.25, 0.3) is 0 Å². The third kappa shape index (κ3) is 4.73. The maximum Gasteiger partial charge on any atom is 0.232 e. The van der Waals surface area contributed by atoms with Gasteiger partial charge in [-0.2, -0.15) is 5.26 Å². The minimum Gasteiger partial charge on any atom is -0.342 e. The van der Waals surface area contributed by atoms with Crippen LogP contribution in [0.2, 0.25) is 0 Å². The summed E-state index contributed by atoms with van der Waals surface area (Å²) in [5.41, 5.74) is 3.06. The summed E-state index contributed by atoms with van der Waals surface area (Å²) in [4.78, 5) is 32.8. The van der Waals surface area contributed by atoms with Crippen molar-refractivity contribution in [2.45, 2.75) is 57.4 Å². The van der Waals surface area contributed by atoms with Crippen molar-refractivity contribution in [3.63, 3.8) is 0 Å². The van der Waals surface area contributed by atoms with Gasteiger partial charge in [0, 0.05) is 30.6 Å². The third-order valence-electron chi connectivity index (χ3n) is 6.27. The predicted octanol–water partition coefficient (Wildman–Crippen LogP) is 5.27. The van der Waals surface area contributed by atoms with Crippen LogP contribution in [0.5, 0.6) is 0 Å². The Labute approximate surface area is 194 Å². The first-order valence-corrected chi connectivity index (χ1v) is 12.3. The summed E-state index contributed by atoms with van der Waals surface area (Å²) in [6.45, 7) is 5.76. The summed E-state index contributed by atoms with van der Waals surface area (Å²) < 4.78 is 0. The molecule has 1 aliphatic carbocycles. The molecule has 0 radical (unpaired) electrons. The fraction of sp³-hybridized carbons (Fsp3) is 0.462. The highest BCUT2D eigenvalue weighted by Crippen LogP contribution is 2.42. The van der Waals surface area contributed by atoms with E-state index in [-0.39, 0.29) is 22.9 Å². The summed E-state index contributed by atoms with van der Waals surface area (Å²) in [7, 11) is 0. The van der Waals surface area contributed by atoms with Crippen molar-refractivity contribution in [2.24, 2.45) is 5.41 Å². The molecule has 6 heteroatoms. The molecule has 166 valence electrons. The van der Waals surface area contributed by atoms with E-state index in [1.807, 2.05) is 35.2 Å². The van der Waals surface area contributed by atoms with Crippen molar-refractivity contribution in [3.8, 4) is 17.2 Å². The summed E-state index contributed by atoms with van der Waals surface area (Å²) >= 11 is 1.33. The second-order valence-corrected chi connectivity index (χ2v) is 10.5.